The lowest BCUT2D eigenvalue weighted by atomic mass is 10.0. The van der Waals surface area contributed by atoms with E-state index in [1.807, 2.05) is 13.8 Å². The molecule has 4 nitrogen and oxygen atoms in total. The molecule has 2 unspecified atom stereocenters. The first-order valence-corrected chi connectivity index (χ1v) is 4.99. The third-order valence-corrected chi connectivity index (χ3v) is 1.93. The third kappa shape index (κ3) is 4.08. The van der Waals surface area contributed by atoms with Crippen LogP contribution in [0.3, 0.4) is 0 Å². The van der Waals surface area contributed by atoms with E-state index < -0.39 is 17.1 Å². The monoisotopic (exact) mass is 211 g/mol. The molecular formula is C11H17NO3. The van der Waals surface area contributed by atoms with Crippen LogP contribution in [0.15, 0.2) is 30.3 Å². The number of aliphatic hydroxyl groups is 1. The van der Waals surface area contributed by atoms with Gasteiger partial charge in [0.2, 0.25) is 6.04 Å². The molecular weight excluding hydrogens is 194 g/mol. The fourth-order valence-corrected chi connectivity index (χ4v) is 1.04. The van der Waals surface area contributed by atoms with Crippen molar-refractivity contribution in [3.63, 3.8) is 0 Å². The molecule has 0 saturated heterocycles. The molecule has 1 aromatic rings. The van der Waals surface area contributed by atoms with E-state index in [1.165, 1.54) is 6.92 Å². The van der Waals surface area contributed by atoms with Gasteiger partial charge in [-0.1, -0.05) is 44.2 Å². The maximum atomic E-state index is 10.4. The van der Waals surface area contributed by atoms with Crippen molar-refractivity contribution < 1.29 is 10.0 Å². The summed E-state index contributed by atoms with van der Waals surface area (Å²) >= 11 is 0. The summed E-state index contributed by atoms with van der Waals surface area (Å²) in [6.45, 7) is 5.39. The Morgan fingerprint density at radius 1 is 1.27 bits per heavy atom. The van der Waals surface area contributed by atoms with Crippen molar-refractivity contribution in [1.29, 1.82) is 0 Å². The number of aliphatic hydroxyl groups excluding tert-OH is 1. The highest BCUT2D eigenvalue weighted by molar-refractivity contribution is 5.17. The molecule has 0 fully saturated rings. The highest BCUT2D eigenvalue weighted by Gasteiger charge is 2.25. The van der Waals surface area contributed by atoms with E-state index in [-0.39, 0.29) is 0 Å². The molecule has 4 heteroatoms. The quantitative estimate of drug-likeness (QED) is 0.616. The summed E-state index contributed by atoms with van der Waals surface area (Å²) in [4.78, 5) is 9.87. The predicted octanol–water partition coefficient (Wildman–Crippen LogP) is 2.41. The second-order valence-corrected chi connectivity index (χ2v) is 2.88. The van der Waals surface area contributed by atoms with Crippen molar-refractivity contribution >= 4 is 0 Å². The van der Waals surface area contributed by atoms with Gasteiger partial charge in [-0.05, 0) is 5.56 Å². The maximum Gasteiger partial charge on any atom is 0.239 e. The lowest BCUT2D eigenvalue weighted by Gasteiger charge is -2.11. The minimum Gasteiger partial charge on any atom is -0.381 e. The molecule has 0 aliphatic rings. The zero-order valence-electron chi connectivity index (χ0n) is 9.25. The van der Waals surface area contributed by atoms with Crippen LogP contribution in [0.1, 0.15) is 32.4 Å². The lowest BCUT2D eigenvalue weighted by molar-refractivity contribution is -0.531. The molecule has 0 aromatic heterocycles. The van der Waals surface area contributed by atoms with Gasteiger partial charge in [0.05, 0.1) is 0 Å². The minimum atomic E-state index is -1.03. The van der Waals surface area contributed by atoms with Gasteiger partial charge in [0.15, 0.2) is 0 Å². The van der Waals surface area contributed by atoms with Gasteiger partial charge < -0.3 is 5.11 Å². The minimum absolute atomic E-state index is 0.488. The first-order chi connectivity index (χ1) is 7.13. The van der Waals surface area contributed by atoms with E-state index in [0.717, 1.165) is 0 Å². The Hall–Kier alpha value is -1.42. The van der Waals surface area contributed by atoms with Crippen LogP contribution in [0.4, 0.5) is 0 Å². The van der Waals surface area contributed by atoms with E-state index in [0.29, 0.717) is 5.56 Å². The van der Waals surface area contributed by atoms with Gasteiger partial charge in [-0.2, -0.15) is 0 Å². The molecule has 0 bridgehead atoms. The van der Waals surface area contributed by atoms with Gasteiger partial charge in [0, 0.05) is 11.8 Å². The zero-order chi connectivity index (χ0) is 11.8. The maximum absolute atomic E-state index is 10.4. The van der Waals surface area contributed by atoms with E-state index in [1.54, 1.807) is 30.3 Å². The first-order valence-electron chi connectivity index (χ1n) is 4.99. The lowest BCUT2D eigenvalue weighted by Crippen LogP contribution is -2.23. The summed E-state index contributed by atoms with van der Waals surface area (Å²) in [7, 11) is 0. The normalized spacial score (nSPS) is 13.3. The summed E-state index contributed by atoms with van der Waals surface area (Å²) in [5, 5.41) is 19.9. The number of nitrogens with zero attached hydrogens (tertiary/aromatic N) is 1. The molecule has 84 valence electrons. The van der Waals surface area contributed by atoms with Gasteiger partial charge in [-0.3, -0.25) is 10.1 Å². The molecule has 0 heterocycles. The third-order valence-electron chi connectivity index (χ3n) is 1.93. The summed E-state index contributed by atoms with van der Waals surface area (Å²) < 4.78 is 0. The molecule has 0 aliphatic carbocycles. The van der Waals surface area contributed by atoms with Crippen LogP contribution in [0, 0.1) is 10.1 Å². The zero-order valence-corrected chi connectivity index (χ0v) is 9.25. The smallest absolute Gasteiger partial charge is 0.239 e. The average Bonchev–Trinajstić information content (AvgIpc) is 2.31. The van der Waals surface area contributed by atoms with Crippen molar-refractivity contribution in [2.24, 2.45) is 0 Å². The molecule has 15 heavy (non-hydrogen) atoms. The van der Waals surface area contributed by atoms with Gasteiger partial charge in [-0.15, -0.1) is 0 Å². The topological polar surface area (TPSA) is 63.4 Å². The van der Waals surface area contributed by atoms with Crippen molar-refractivity contribution in [3.8, 4) is 0 Å². The van der Waals surface area contributed by atoms with Crippen molar-refractivity contribution in [3.05, 3.63) is 46.0 Å². The summed E-state index contributed by atoms with van der Waals surface area (Å²) in [5.41, 5.74) is 0.576. The Morgan fingerprint density at radius 3 is 2.13 bits per heavy atom. The van der Waals surface area contributed by atoms with E-state index in [2.05, 4.69) is 0 Å². The van der Waals surface area contributed by atoms with Crippen molar-refractivity contribution in [1.82, 2.24) is 0 Å². The molecule has 1 rings (SSSR count). The number of nitro groups is 1. The standard InChI is InChI=1S/C9H11NO3.C2H6/c1-7(10(12)13)9(11)8-5-3-2-4-6-8;1-2/h2-7,9,11H,1H3;1-2H3. The van der Waals surface area contributed by atoms with Gasteiger partial charge in [0.1, 0.15) is 6.10 Å². The molecule has 0 aliphatic heterocycles. The molecule has 0 spiro atoms. The molecule has 0 radical (unpaired) electrons. The number of rotatable bonds is 3. The molecule has 0 amide bonds. The van der Waals surface area contributed by atoms with Crippen LogP contribution in [-0.2, 0) is 0 Å². The highest BCUT2D eigenvalue weighted by atomic mass is 16.6. The van der Waals surface area contributed by atoms with E-state index in [4.69, 9.17) is 0 Å². The van der Waals surface area contributed by atoms with Crippen LogP contribution < -0.4 is 0 Å². The number of benzene rings is 1. The molecule has 1 aromatic carbocycles. The van der Waals surface area contributed by atoms with E-state index >= 15 is 0 Å². The van der Waals surface area contributed by atoms with Crippen LogP contribution in [0.2, 0.25) is 0 Å². The number of hydrogen-bond donors (Lipinski definition) is 1. The highest BCUT2D eigenvalue weighted by Crippen LogP contribution is 2.17. The van der Waals surface area contributed by atoms with E-state index in [9.17, 15) is 15.2 Å². The molecule has 2 atom stereocenters. The van der Waals surface area contributed by atoms with Crippen LogP contribution in [0.25, 0.3) is 0 Å². The fraction of sp³-hybridized carbons (Fsp3) is 0.455. The van der Waals surface area contributed by atoms with Crippen molar-refractivity contribution in [2.75, 3.05) is 0 Å². The predicted molar refractivity (Wildman–Crippen MR) is 59.2 cm³/mol. The summed E-state index contributed by atoms with van der Waals surface area (Å²) in [6, 6.07) is 7.65. The first kappa shape index (κ1) is 13.6. The summed E-state index contributed by atoms with van der Waals surface area (Å²) in [6.07, 6.45) is -1.03. The second kappa shape index (κ2) is 6.95. The second-order valence-electron chi connectivity index (χ2n) is 2.88. The van der Waals surface area contributed by atoms with Crippen molar-refractivity contribution in [2.45, 2.75) is 32.9 Å². The van der Waals surface area contributed by atoms with Gasteiger partial charge >= 0.3 is 0 Å². The molecule has 1 N–H and O–H groups in total. The van der Waals surface area contributed by atoms with Gasteiger partial charge in [-0.25, -0.2) is 0 Å². The van der Waals surface area contributed by atoms with Crippen LogP contribution in [-0.4, -0.2) is 16.1 Å². The Bertz CT molecular complexity index is 287. The molecule has 0 saturated carbocycles. The Morgan fingerprint density at radius 2 is 1.73 bits per heavy atom. The Kier molecular flexibility index (Phi) is 6.29. The van der Waals surface area contributed by atoms with Crippen LogP contribution >= 0.6 is 0 Å². The SMILES string of the molecule is CC.CC(C(O)c1ccccc1)[N+](=O)[O-]. The van der Waals surface area contributed by atoms with Crippen LogP contribution in [0.5, 0.6) is 0 Å². The fourth-order valence-electron chi connectivity index (χ4n) is 1.04. The largest absolute Gasteiger partial charge is 0.381 e. The average molecular weight is 211 g/mol. The number of hydrogen-bond acceptors (Lipinski definition) is 3. The summed E-state index contributed by atoms with van der Waals surface area (Å²) in [5.74, 6) is 0. The Labute approximate surface area is 89.7 Å². The Balaban J connectivity index is 0.000000921. The van der Waals surface area contributed by atoms with Gasteiger partial charge in [0.25, 0.3) is 0 Å².